The van der Waals surface area contributed by atoms with Gasteiger partial charge in [-0.2, -0.15) is 10.2 Å². The van der Waals surface area contributed by atoms with Gasteiger partial charge in [0.2, 0.25) is 0 Å². The molecule has 25 heavy (non-hydrogen) atoms. The zero-order chi connectivity index (χ0) is 17.6. The van der Waals surface area contributed by atoms with E-state index >= 15 is 0 Å². The highest BCUT2D eigenvalue weighted by atomic mass is 16.5. The number of fused-ring (bicyclic) bond motifs is 1. The summed E-state index contributed by atoms with van der Waals surface area (Å²) in [5.74, 6) is 0. The van der Waals surface area contributed by atoms with Gasteiger partial charge in [-0.15, -0.1) is 0 Å². The van der Waals surface area contributed by atoms with Crippen LogP contribution in [0.3, 0.4) is 0 Å². The van der Waals surface area contributed by atoms with Gasteiger partial charge < -0.3 is 20.5 Å². The smallest absolute Gasteiger partial charge is 0.319 e. The number of aliphatic hydroxyl groups excluding tert-OH is 1. The Bertz CT molecular complexity index is 711. The third kappa shape index (κ3) is 4.18. The zero-order valence-electron chi connectivity index (χ0n) is 14.3. The van der Waals surface area contributed by atoms with Gasteiger partial charge in [-0.1, -0.05) is 0 Å². The molecule has 3 rings (SSSR count). The molecule has 2 amide bonds. The molecular weight excluding hydrogens is 324 g/mol. The molecule has 3 N–H and O–H groups in total. The molecule has 136 valence electrons. The lowest BCUT2D eigenvalue weighted by molar-refractivity contribution is 0.183. The number of aromatic nitrogens is 4. The molecule has 1 aliphatic rings. The average Bonchev–Trinajstić information content (AvgIpc) is 3.21. The van der Waals surface area contributed by atoms with E-state index in [0.717, 1.165) is 30.5 Å². The van der Waals surface area contributed by atoms with Crippen molar-refractivity contribution >= 4 is 11.7 Å². The summed E-state index contributed by atoms with van der Waals surface area (Å²) in [6.45, 7) is 1.74. The fourth-order valence-electron chi connectivity index (χ4n) is 3.12. The van der Waals surface area contributed by atoms with Crippen molar-refractivity contribution in [3.63, 3.8) is 0 Å². The van der Waals surface area contributed by atoms with Crippen LogP contribution in [0.2, 0.25) is 0 Å². The van der Waals surface area contributed by atoms with Crippen LogP contribution in [-0.2, 0) is 24.2 Å². The third-order valence-corrected chi connectivity index (χ3v) is 4.30. The number of urea groups is 1. The maximum atomic E-state index is 12.3. The number of aliphatic hydroxyl groups is 1. The third-order valence-electron chi connectivity index (χ3n) is 4.30. The molecule has 0 saturated carbocycles. The van der Waals surface area contributed by atoms with Crippen LogP contribution in [0, 0.1) is 0 Å². The highest BCUT2D eigenvalue weighted by Gasteiger charge is 2.25. The van der Waals surface area contributed by atoms with Crippen LogP contribution in [-0.4, -0.2) is 51.0 Å². The topological polar surface area (TPSA) is 106 Å². The minimum Gasteiger partial charge on any atom is -0.394 e. The second-order valence-electron chi connectivity index (χ2n) is 6.02. The maximum absolute atomic E-state index is 12.3. The van der Waals surface area contributed by atoms with Gasteiger partial charge in [-0.25, -0.2) is 4.79 Å². The first kappa shape index (κ1) is 17.4. The van der Waals surface area contributed by atoms with Gasteiger partial charge in [-0.3, -0.25) is 9.36 Å². The molecular formula is C16H24N6O3. The number of carbonyl (C=O) groups excluding carboxylic acids is 1. The van der Waals surface area contributed by atoms with Gasteiger partial charge >= 0.3 is 6.03 Å². The lowest BCUT2D eigenvalue weighted by Gasteiger charge is -2.24. The number of nitrogens with one attached hydrogen (secondary N) is 2. The molecule has 2 heterocycles. The second-order valence-corrected chi connectivity index (χ2v) is 6.02. The highest BCUT2D eigenvalue weighted by molar-refractivity contribution is 5.89. The van der Waals surface area contributed by atoms with E-state index in [1.54, 1.807) is 30.4 Å². The summed E-state index contributed by atoms with van der Waals surface area (Å²) in [6.07, 6.45) is 7.94. The maximum Gasteiger partial charge on any atom is 0.319 e. The Morgan fingerprint density at radius 1 is 1.40 bits per heavy atom. The quantitative estimate of drug-likeness (QED) is 0.690. The van der Waals surface area contributed by atoms with E-state index in [1.807, 2.05) is 4.68 Å². The average molecular weight is 348 g/mol. The summed E-state index contributed by atoms with van der Waals surface area (Å²) in [5, 5.41) is 23.4. The van der Waals surface area contributed by atoms with Gasteiger partial charge in [0.05, 0.1) is 50.4 Å². The largest absolute Gasteiger partial charge is 0.394 e. The molecule has 0 fully saturated rings. The van der Waals surface area contributed by atoms with E-state index in [2.05, 4.69) is 20.8 Å². The molecule has 0 saturated heterocycles. The lowest BCUT2D eigenvalue weighted by Crippen LogP contribution is -2.34. The number of rotatable bonds is 7. The van der Waals surface area contributed by atoms with E-state index in [-0.39, 0.29) is 18.7 Å². The van der Waals surface area contributed by atoms with Crippen molar-refractivity contribution < 1.29 is 14.6 Å². The van der Waals surface area contributed by atoms with Gasteiger partial charge in [0.15, 0.2) is 0 Å². The summed E-state index contributed by atoms with van der Waals surface area (Å²) in [7, 11) is 1.64. The number of hydrogen-bond donors (Lipinski definition) is 3. The Labute approximate surface area is 146 Å². The molecule has 0 aliphatic heterocycles. The van der Waals surface area contributed by atoms with E-state index in [4.69, 9.17) is 9.84 Å². The first-order valence-corrected chi connectivity index (χ1v) is 8.45. The summed E-state index contributed by atoms with van der Waals surface area (Å²) < 4.78 is 8.54. The first-order valence-electron chi connectivity index (χ1n) is 8.45. The van der Waals surface area contributed by atoms with Gasteiger partial charge in [0.1, 0.15) is 0 Å². The Morgan fingerprint density at radius 3 is 3.08 bits per heavy atom. The Kier molecular flexibility index (Phi) is 5.67. The van der Waals surface area contributed by atoms with Crippen LogP contribution >= 0.6 is 0 Å². The fourth-order valence-corrected chi connectivity index (χ4v) is 3.12. The van der Waals surface area contributed by atoms with Crippen molar-refractivity contribution in [3.8, 4) is 0 Å². The summed E-state index contributed by atoms with van der Waals surface area (Å²) in [6, 6.07) is -0.334. The van der Waals surface area contributed by atoms with Crippen LogP contribution < -0.4 is 10.6 Å². The van der Waals surface area contributed by atoms with Crippen molar-refractivity contribution in [2.24, 2.45) is 0 Å². The standard InChI is InChI=1S/C16H24N6O3/c1-25-8-6-21-11-12(9-17-21)19-16(24)20-14-3-2-4-15-13(14)10-18-22(15)5-7-23/h9-11,14,23H,2-8H2,1H3,(H2,19,20,24)/t14-/m0/s1. The van der Waals surface area contributed by atoms with Crippen molar-refractivity contribution in [1.82, 2.24) is 24.9 Å². The van der Waals surface area contributed by atoms with Gasteiger partial charge in [0.25, 0.3) is 0 Å². The van der Waals surface area contributed by atoms with E-state index in [0.29, 0.717) is 25.4 Å². The van der Waals surface area contributed by atoms with E-state index in [9.17, 15) is 4.79 Å². The number of nitrogens with zero attached hydrogens (tertiary/aromatic N) is 4. The predicted octanol–water partition coefficient (Wildman–Crippen LogP) is 0.917. The monoisotopic (exact) mass is 348 g/mol. The number of hydrogen-bond acceptors (Lipinski definition) is 5. The Balaban J connectivity index is 1.59. The number of anilines is 1. The molecule has 0 spiro atoms. The van der Waals surface area contributed by atoms with Crippen molar-refractivity contribution in [1.29, 1.82) is 0 Å². The number of ether oxygens (including phenoxy) is 1. The molecule has 2 aromatic heterocycles. The zero-order valence-corrected chi connectivity index (χ0v) is 14.3. The highest BCUT2D eigenvalue weighted by Crippen LogP contribution is 2.29. The van der Waals surface area contributed by atoms with Gasteiger partial charge in [0, 0.05) is 24.6 Å². The van der Waals surface area contributed by atoms with Crippen LogP contribution in [0.4, 0.5) is 10.5 Å². The normalized spacial score (nSPS) is 16.5. The van der Waals surface area contributed by atoms with E-state index < -0.39 is 0 Å². The first-order chi connectivity index (χ1) is 12.2. The summed E-state index contributed by atoms with van der Waals surface area (Å²) >= 11 is 0. The molecule has 0 unspecified atom stereocenters. The van der Waals surface area contributed by atoms with Crippen molar-refractivity contribution in [2.75, 3.05) is 25.6 Å². The molecule has 1 atom stereocenters. The minimum absolute atomic E-state index is 0.0553. The molecule has 9 nitrogen and oxygen atoms in total. The summed E-state index contributed by atoms with van der Waals surface area (Å²) in [4.78, 5) is 12.3. The van der Waals surface area contributed by atoms with Gasteiger partial charge in [-0.05, 0) is 19.3 Å². The second kappa shape index (κ2) is 8.13. The SMILES string of the molecule is COCCn1cc(NC(=O)N[C@H]2CCCc3c2cnn3CCO)cn1. The summed E-state index contributed by atoms with van der Waals surface area (Å²) in [5.41, 5.74) is 2.77. The number of amides is 2. The predicted molar refractivity (Wildman–Crippen MR) is 91.2 cm³/mol. The number of carbonyl (C=O) groups is 1. The van der Waals surface area contributed by atoms with Crippen LogP contribution in [0.15, 0.2) is 18.6 Å². The fraction of sp³-hybridized carbons (Fsp3) is 0.562. The Morgan fingerprint density at radius 2 is 2.28 bits per heavy atom. The van der Waals surface area contributed by atoms with Crippen LogP contribution in [0.25, 0.3) is 0 Å². The van der Waals surface area contributed by atoms with Crippen molar-refractivity contribution in [2.45, 2.75) is 38.4 Å². The Hall–Kier alpha value is -2.39. The van der Waals surface area contributed by atoms with Crippen molar-refractivity contribution in [3.05, 3.63) is 29.8 Å². The molecule has 2 aromatic rings. The van der Waals surface area contributed by atoms with Crippen LogP contribution in [0.5, 0.6) is 0 Å². The molecule has 1 aliphatic carbocycles. The minimum atomic E-state index is -0.265. The molecule has 9 heteroatoms. The lowest BCUT2D eigenvalue weighted by atomic mass is 9.93. The molecule has 0 radical (unpaired) electrons. The number of methoxy groups -OCH3 is 1. The van der Waals surface area contributed by atoms with E-state index in [1.165, 1.54) is 0 Å². The molecule has 0 bridgehead atoms. The van der Waals surface area contributed by atoms with Crippen LogP contribution in [0.1, 0.15) is 30.1 Å². The molecule has 0 aromatic carbocycles.